The summed E-state index contributed by atoms with van der Waals surface area (Å²) in [4.78, 5) is 12.3. The maximum Gasteiger partial charge on any atom is 0.323 e. The lowest BCUT2D eigenvalue weighted by molar-refractivity contribution is 0.262. The van der Waals surface area contributed by atoms with Crippen LogP contribution in [0.5, 0.6) is 0 Å². The summed E-state index contributed by atoms with van der Waals surface area (Å²) in [5.41, 5.74) is 4.04. The molecule has 27 heavy (non-hydrogen) atoms. The summed E-state index contributed by atoms with van der Waals surface area (Å²) in [6, 6.07) is 12.6. The highest BCUT2D eigenvalue weighted by Crippen LogP contribution is 2.32. The van der Waals surface area contributed by atoms with Crippen molar-refractivity contribution in [3.8, 4) is 0 Å². The number of para-hydroxylation sites is 1. The van der Waals surface area contributed by atoms with Crippen LogP contribution in [0.3, 0.4) is 0 Å². The van der Waals surface area contributed by atoms with Gasteiger partial charge in [-0.25, -0.2) is 13.2 Å². The number of nitrogens with zero attached hydrogens (tertiary/aromatic N) is 1. The monoisotopic (exact) mass is 387 g/mol. The Morgan fingerprint density at radius 2 is 1.93 bits per heavy atom. The predicted molar refractivity (Wildman–Crippen MR) is 110 cm³/mol. The number of sulfonamides is 1. The van der Waals surface area contributed by atoms with E-state index in [0.29, 0.717) is 18.7 Å². The molecular formula is C20H25N3O3S. The van der Waals surface area contributed by atoms with Gasteiger partial charge in [-0.1, -0.05) is 25.1 Å². The van der Waals surface area contributed by atoms with Crippen LogP contribution in [0.1, 0.15) is 30.9 Å². The molecule has 0 radical (unpaired) electrons. The van der Waals surface area contributed by atoms with Crippen molar-refractivity contribution >= 4 is 33.1 Å². The summed E-state index contributed by atoms with van der Waals surface area (Å²) in [7, 11) is -3.29. The van der Waals surface area contributed by atoms with Crippen LogP contribution in [0.25, 0.3) is 0 Å². The number of carbonyl (C=O) groups is 1. The van der Waals surface area contributed by atoms with Gasteiger partial charge in [0, 0.05) is 17.9 Å². The Labute approximate surface area is 160 Å². The van der Waals surface area contributed by atoms with Crippen LogP contribution in [-0.2, 0) is 16.4 Å². The zero-order valence-corrected chi connectivity index (χ0v) is 16.5. The first-order valence-corrected chi connectivity index (χ1v) is 10.8. The lowest BCUT2D eigenvalue weighted by Gasteiger charge is -2.30. The van der Waals surface area contributed by atoms with E-state index >= 15 is 0 Å². The average molecular weight is 388 g/mol. The number of anilines is 3. The summed E-state index contributed by atoms with van der Waals surface area (Å²) in [6.07, 6.45) is 2.16. The van der Waals surface area contributed by atoms with Gasteiger partial charge in [-0.2, -0.15) is 0 Å². The summed E-state index contributed by atoms with van der Waals surface area (Å²) in [5.74, 6) is 0.144. The maximum absolute atomic E-state index is 12.5. The molecule has 3 rings (SSSR count). The number of urea groups is 1. The van der Waals surface area contributed by atoms with E-state index in [1.54, 1.807) is 12.1 Å². The molecule has 6 nitrogen and oxygen atoms in total. The van der Waals surface area contributed by atoms with E-state index in [1.165, 1.54) is 4.31 Å². The highest BCUT2D eigenvalue weighted by atomic mass is 32.2. The van der Waals surface area contributed by atoms with E-state index in [1.807, 2.05) is 44.2 Å². The fraction of sp³-hybridized carbons (Fsp3) is 0.350. The van der Waals surface area contributed by atoms with Gasteiger partial charge in [-0.15, -0.1) is 0 Å². The quantitative estimate of drug-likeness (QED) is 0.810. The van der Waals surface area contributed by atoms with E-state index in [9.17, 15) is 13.2 Å². The Morgan fingerprint density at radius 1 is 1.15 bits per heavy atom. The van der Waals surface area contributed by atoms with Crippen molar-refractivity contribution in [3.05, 3.63) is 53.6 Å². The van der Waals surface area contributed by atoms with Gasteiger partial charge in [0.05, 0.1) is 11.4 Å². The van der Waals surface area contributed by atoms with Crippen molar-refractivity contribution in [2.75, 3.05) is 27.2 Å². The van der Waals surface area contributed by atoms with Crippen LogP contribution in [-0.4, -0.2) is 26.7 Å². The molecule has 2 amide bonds. The third-order valence-electron chi connectivity index (χ3n) is 4.60. The Balaban J connectivity index is 1.76. The highest BCUT2D eigenvalue weighted by molar-refractivity contribution is 7.92. The number of fused-ring (bicyclic) bond motifs is 1. The summed E-state index contributed by atoms with van der Waals surface area (Å²) >= 11 is 0. The molecule has 0 atom stereocenters. The van der Waals surface area contributed by atoms with Crippen molar-refractivity contribution < 1.29 is 13.2 Å². The number of aryl methyl sites for hydroxylation is 2. The molecule has 7 heteroatoms. The fourth-order valence-corrected chi connectivity index (χ4v) is 4.92. The van der Waals surface area contributed by atoms with Crippen LogP contribution in [0.4, 0.5) is 21.9 Å². The van der Waals surface area contributed by atoms with Gasteiger partial charge in [-0.3, -0.25) is 4.31 Å². The number of hydrogen-bond acceptors (Lipinski definition) is 3. The van der Waals surface area contributed by atoms with E-state index < -0.39 is 10.0 Å². The second kappa shape index (κ2) is 8.00. The first kappa shape index (κ1) is 19.2. The molecule has 0 saturated carbocycles. The third kappa shape index (κ3) is 4.42. The van der Waals surface area contributed by atoms with Gasteiger partial charge >= 0.3 is 6.03 Å². The van der Waals surface area contributed by atoms with Crippen LogP contribution >= 0.6 is 0 Å². The Kier molecular flexibility index (Phi) is 5.70. The van der Waals surface area contributed by atoms with Crippen LogP contribution in [0.15, 0.2) is 42.5 Å². The molecule has 0 unspecified atom stereocenters. The van der Waals surface area contributed by atoms with Gasteiger partial charge < -0.3 is 10.6 Å². The highest BCUT2D eigenvalue weighted by Gasteiger charge is 2.26. The van der Waals surface area contributed by atoms with Crippen LogP contribution in [0.2, 0.25) is 0 Å². The molecule has 0 saturated heterocycles. The van der Waals surface area contributed by atoms with Crippen molar-refractivity contribution in [1.29, 1.82) is 0 Å². The van der Waals surface area contributed by atoms with Crippen LogP contribution in [0, 0.1) is 6.92 Å². The minimum Gasteiger partial charge on any atom is -0.308 e. The zero-order valence-electron chi connectivity index (χ0n) is 15.7. The lowest BCUT2D eigenvalue weighted by Crippen LogP contribution is -2.37. The summed E-state index contributed by atoms with van der Waals surface area (Å²) in [6.45, 7) is 4.30. The smallest absolute Gasteiger partial charge is 0.308 e. The van der Waals surface area contributed by atoms with Gasteiger partial charge in [0.2, 0.25) is 10.0 Å². The molecule has 0 bridgehead atoms. The number of nitrogens with one attached hydrogen (secondary N) is 2. The van der Waals surface area contributed by atoms with E-state index in [2.05, 4.69) is 10.6 Å². The molecule has 0 aromatic heterocycles. The van der Waals surface area contributed by atoms with Gasteiger partial charge in [0.25, 0.3) is 0 Å². The molecule has 0 aliphatic carbocycles. The van der Waals surface area contributed by atoms with Crippen molar-refractivity contribution in [1.82, 2.24) is 0 Å². The van der Waals surface area contributed by atoms with Crippen molar-refractivity contribution in [2.24, 2.45) is 0 Å². The Hall–Kier alpha value is -2.54. The van der Waals surface area contributed by atoms with Crippen LogP contribution < -0.4 is 14.9 Å². The normalized spacial score (nSPS) is 13.8. The average Bonchev–Trinajstić information content (AvgIpc) is 2.63. The van der Waals surface area contributed by atoms with E-state index in [4.69, 9.17) is 0 Å². The van der Waals surface area contributed by atoms with Crippen molar-refractivity contribution in [2.45, 2.75) is 33.1 Å². The first-order chi connectivity index (χ1) is 12.9. The fourth-order valence-electron chi connectivity index (χ4n) is 3.30. The lowest BCUT2D eigenvalue weighted by atomic mass is 10.0. The minimum atomic E-state index is -3.29. The topological polar surface area (TPSA) is 78.5 Å². The molecule has 144 valence electrons. The van der Waals surface area contributed by atoms with E-state index in [0.717, 1.165) is 35.3 Å². The molecule has 1 heterocycles. The zero-order chi connectivity index (χ0) is 19.4. The molecule has 0 fully saturated rings. The minimum absolute atomic E-state index is 0.144. The Morgan fingerprint density at radius 3 is 2.67 bits per heavy atom. The summed E-state index contributed by atoms with van der Waals surface area (Å²) in [5, 5.41) is 5.66. The molecule has 0 spiro atoms. The Bertz CT molecular complexity index is 941. The number of carbonyl (C=O) groups excluding carboxylic acids is 1. The SMILES string of the molecule is CCCS(=O)(=O)N1CCCc2cc(NC(=O)Nc3ccccc3C)ccc21. The molecule has 1 aliphatic heterocycles. The number of rotatable bonds is 5. The predicted octanol–water partition coefficient (Wildman–Crippen LogP) is 4.13. The molecule has 2 N–H and O–H groups in total. The third-order valence-corrected chi connectivity index (χ3v) is 6.58. The number of hydrogen-bond donors (Lipinski definition) is 2. The largest absolute Gasteiger partial charge is 0.323 e. The van der Waals surface area contributed by atoms with Crippen molar-refractivity contribution in [3.63, 3.8) is 0 Å². The second-order valence-electron chi connectivity index (χ2n) is 6.73. The maximum atomic E-state index is 12.5. The standard InChI is InChI=1S/C20H25N3O3S/c1-3-13-27(25,26)23-12-6-8-16-14-17(10-11-19(16)23)21-20(24)22-18-9-5-4-7-15(18)2/h4-5,7,9-11,14H,3,6,8,12-13H2,1-2H3,(H2,21,22,24). The summed E-state index contributed by atoms with van der Waals surface area (Å²) < 4.78 is 26.5. The van der Waals surface area contributed by atoms with E-state index in [-0.39, 0.29) is 11.8 Å². The molecule has 2 aromatic rings. The van der Waals surface area contributed by atoms with Gasteiger partial charge in [0.1, 0.15) is 0 Å². The molecular weight excluding hydrogens is 362 g/mol. The van der Waals surface area contributed by atoms with Gasteiger partial charge in [-0.05, 0) is 61.6 Å². The first-order valence-electron chi connectivity index (χ1n) is 9.17. The van der Waals surface area contributed by atoms with Gasteiger partial charge in [0.15, 0.2) is 0 Å². The molecule has 2 aromatic carbocycles. The number of amides is 2. The number of benzene rings is 2. The molecule has 1 aliphatic rings. The second-order valence-corrected chi connectivity index (χ2v) is 8.74.